The highest BCUT2D eigenvalue weighted by atomic mass is 32.1. The van der Waals surface area contributed by atoms with Crippen molar-refractivity contribution in [3.63, 3.8) is 0 Å². The highest BCUT2D eigenvalue weighted by Crippen LogP contribution is 2.28. The maximum atomic E-state index is 12.3. The lowest BCUT2D eigenvalue weighted by Gasteiger charge is -2.11. The summed E-state index contributed by atoms with van der Waals surface area (Å²) in [4.78, 5) is 25.3. The van der Waals surface area contributed by atoms with Crippen molar-refractivity contribution in [3.8, 4) is 0 Å². The Morgan fingerprint density at radius 3 is 2.71 bits per heavy atom. The number of carbonyl (C=O) groups excluding carboxylic acids is 1. The van der Waals surface area contributed by atoms with Crippen LogP contribution in [0.25, 0.3) is 0 Å². The lowest BCUT2D eigenvalue weighted by molar-refractivity contribution is -0.141. The topological polar surface area (TPSA) is 66.4 Å². The van der Waals surface area contributed by atoms with E-state index in [1.807, 2.05) is 6.07 Å². The molecule has 1 heterocycles. The number of thiophene rings is 1. The molecule has 2 unspecified atom stereocenters. The molecule has 116 valence electrons. The number of carbonyl (C=O) groups is 2. The monoisotopic (exact) mass is 309 g/mol. The van der Waals surface area contributed by atoms with E-state index >= 15 is 0 Å². The van der Waals surface area contributed by atoms with Crippen molar-refractivity contribution < 1.29 is 14.7 Å². The van der Waals surface area contributed by atoms with Crippen LogP contribution >= 0.6 is 11.3 Å². The summed E-state index contributed by atoms with van der Waals surface area (Å²) in [7, 11) is 0. The minimum atomic E-state index is -0.749. The fourth-order valence-electron chi connectivity index (χ4n) is 2.91. The second-order valence-corrected chi connectivity index (χ2v) is 6.82. The highest BCUT2D eigenvalue weighted by Gasteiger charge is 2.31. The summed E-state index contributed by atoms with van der Waals surface area (Å²) in [5.74, 6) is -1.10. The third-order valence-electron chi connectivity index (χ3n) is 4.10. The number of hydrogen-bond donors (Lipinski definition) is 2. The third-order valence-corrected chi connectivity index (χ3v) is 5.33. The van der Waals surface area contributed by atoms with Crippen LogP contribution in [0.3, 0.4) is 0 Å². The van der Waals surface area contributed by atoms with E-state index in [2.05, 4.69) is 19.2 Å². The van der Waals surface area contributed by atoms with E-state index in [0.29, 0.717) is 12.8 Å². The number of aryl methyl sites for hydroxylation is 2. The molecule has 4 nitrogen and oxygen atoms in total. The van der Waals surface area contributed by atoms with Gasteiger partial charge in [0.25, 0.3) is 5.91 Å². The second-order valence-electron chi connectivity index (χ2n) is 5.68. The number of nitrogens with one attached hydrogen (secondary N) is 1. The van der Waals surface area contributed by atoms with E-state index in [0.717, 1.165) is 30.6 Å². The quantitative estimate of drug-likeness (QED) is 0.847. The summed E-state index contributed by atoms with van der Waals surface area (Å²) in [6.45, 7) is 4.25. The van der Waals surface area contributed by atoms with Gasteiger partial charge in [0.15, 0.2) is 0 Å². The minimum Gasteiger partial charge on any atom is -0.481 e. The van der Waals surface area contributed by atoms with Gasteiger partial charge in [0, 0.05) is 10.9 Å². The molecule has 1 amide bonds. The van der Waals surface area contributed by atoms with Crippen molar-refractivity contribution in [1.29, 1.82) is 0 Å². The lowest BCUT2D eigenvalue weighted by atomic mass is 10.1. The van der Waals surface area contributed by atoms with E-state index < -0.39 is 5.97 Å². The number of carboxylic acids is 1. The van der Waals surface area contributed by atoms with Gasteiger partial charge in [-0.05, 0) is 43.7 Å². The molecule has 0 aromatic carbocycles. The van der Waals surface area contributed by atoms with Crippen LogP contribution in [-0.4, -0.2) is 23.0 Å². The van der Waals surface area contributed by atoms with Crippen LogP contribution in [0.15, 0.2) is 6.07 Å². The Balaban J connectivity index is 1.99. The zero-order valence-electron chi connectivity index (χ0n) is 12.6. The molecule has 1 aliphatic rings. The zero-order valence-corrected chi connectivity index (χ0v) is 13.5. The number of carboxylic acid groups (broad SMARTS) is 1. The summed E-state index contributed by atoms with van der Waals surface area (Å²) in [6, 6.07) is 2.00. The van der Waals surface area contributed by atoms with E-state index in [1.54, 1.807) is 11.3 Å². The van der Waals surface area contributed by atoms with Gasteiger partial charge in [-0.25, -0.2) is 0 Å². The van der Waals surface area contributed by atoms with Gasteiger partial charge in [0.2, 0.25) is 0 Å². The highest BCUT2D eigenvalue weighted by molar-refractivity contribution is 7.14. The Bertz CT molecular complexity index is 524. The van der Waals surface area contributed by atoms with Crippen LogP contribution in [0.5, 0.6) is 0 Å². The predicted molar refractivity (Wildman–Crippen MR) is 83.9 cm³/mol. The largest absolute Gasteiger partial charge is 0.481 e. The molecule has 1 fully saturated rings. The molecule has 2 N–H and O–H groups in total. The molecule has 5 heteroatoms. The third kappa shape index (κ3) is 3.84. The van der Waals surface area contributed by atoms with Crippen molar-refractivity contribution in [1.82, 2.24) is 5.32 Å². The van der Waals surface area contributed by atoms with Crippen LogP contribution in [0.2, 0.25) is 0 Å². The van der Waals surface area contributed by atoms with Crippen LogP contribution in [0.1, 0.15) is 59.6 Å². The number of aliphatic carboxylic acids is 1. The first-order valence-corrected chi connectivity index (χ1v) is 8.52. The van der Waals surface area contributed by atoms with Crippen LogP contribution in [0.4, 0.5) is 0 Å². The Labute approximate surface area is 129 Å². The summed E-state index contributed by atoms with van der Waals surface area (Å²) in [6.07, 6.45) is 5.02. The summed E-state index contributed by atoms with van der Waals surface area (Å²) < 4.78 is 0. The van der Waals surface area contributed by atoms with Crippen LogP contribution in [0, 0.1) is 5.92 Å². The van der Waals surface area contributed by atoms with Crippen LogP contribution < -0.4 is 5.32 Å². The number of rotatable bonds is 6. The molecule has 0 aliphatic heterocycles. The molecule has 2 rings (SSSR count). The van der Waals surface area contributed by atoms with E-state index in [1.165, 1.54) is 10.4 Å². The number of hydrogen-bond acceptors (Lipinski definition) is 3. The average Bonchev–Trinajstić information content (AvgIpc) is 3.06. The average molecular weight is 309 g/mol. The van der Waals surface area contributed by atoms with Gasteiger partial charge in [-0.15, -0.1) is 11.3 Å². The molecule has 0 saturated heterocycles. The summed E-state index contributed by atoms with van der Waals surface area (Å²) in [5.41, 5.74) is 1.27. The Morgan fingerprint density at radius 2 is 2.14 bits per heavy atom. The molecule has 21 heavy (non-hydrogen) atoms. The maximum absolute atomic E-state index is 12.3. The number of amides is 1. The molecule has 1 aromatic heterocycles. The van der Waals surface area contributed by atoms with Crippen LogP contribution in [-0.2, 0) is 17.6 Å². The fraction of sp³-hybridized carbons (Fsp3) is 0.625. The maximum Gasteiger partial charge on any atom is 0.306 e. The van der Waals surface area contributed by atoms with E-state index in [-0.39, 0.29) is 17.9 Å². The van der Waals surface area contributed by atoms with Gasteiger partial charge in [-0.1, -0.05) is 20.3 Å². The molecule has 1 aromatic rings. The molecule has 2 atom stereocenters. The molecule has 0 spiro atoms. The zero-order chi connectivity index (χ0) is 15.4. The standard InChI is InChI=1S/C16H23NO3S/c1-3-5-13-10(4-2)9-14(21-13)15(18)17-12-7-6-11(8-12)16(19)20/h9,11-12H,3-8H2,1-2H3,(H,17,18)(H,19,20). The summed E-state index contributed by atoms with van der Waals surface area (Å²) >= 11 is 1.58. The molecular formula is C16H23NO3S. The Morgan fingerprint density at radius 1 is 1.38 bits per heavy atom. The van der Waals surface area contributed by atoms with Crippen molar-refractivity contribution >= 4 is 23.2 Å². The van der Waals surface area contributed by atoms with Gasteiger partial charge in [0.05, 0.1) is 10.8 Å². The normalized spacial score (nSPS) is 21.4. The Hall–Kier alpha value is -1.36. The first-order valence-electron chi connectivity index (χ1n) is 7.70. The lowest BCUT2D eigenvalue weighted by Crippen LogP contribution is -2.32. The SMILES string of the molecule is CCCc1sc(C(=O)NC2CCC(C(=O)O)C2)cc1CC. The Kier molecular flexibility index (Phi) is 5.39. The van der Waals surface area contributed by atoms with Gasteiger partial charge < -0.3 is 10.4 Å². The second kappa shape index (κ2) is 7.07. The fourth-order valence-corrected chi connectivity index (χ4v) is 4.17. The minimum absolute atomic E-state index is 0.000372. The molecule has 1 aliphatic carbocycles. The summed E-state index contributed by atoms with van der Waals surface area (Å²) in [5, 5.41) is 12.0. The van der Waals surface area contributed by atoms with Crippen molar-refractivity contribution in [3.05, 3.63) is 21.4 Å². The molecule has 0 radical (unpaired) electrons. The molecule has 0 bridgehead atoms. The van der Waals surface area contributed by atoms with Gasteiger partial charge in [-0.3, -0.25) is 9.59 Å². The first-order chi connectivity index (χ1) is 10.0. The van der Waals surface area contributed by atoms with Gasteiger partial charge >= 0.3 is 5.97 Å². The van der Waals surface area contributed by atoms with Gasteiger partial charge in [0.1, 0.15) is 0 Å². The van der Waals surface area contributed by atoms with Crippen molar-refractivity contribution in [2.24, 2.45) is 5.92 Å². The smallest absolute Gasteiger partial charge is 0.306 e. The first kappa shape index (κ1) is 16.0. The predicted octanol–water partition coefficient (Wildman–Crippen LogP) is 3.25. The molecule has 1 saturated carbocycles. The van der Waals surface area contributed by atoms with Crippen molar-refractivity contribution in [2.75, 3.05) is 0 Å². The van der Waals surface area contributed by atoms with Crippen molar-refractivity contribution in [2.45, 2.75) is 58.4 Å². The molecular weight excluding hydrogens is 286 g/mol. The van der Waals surface area contributed by atoms with E-state index in [4.69, 9.17) is 5.11 Å². The van der Waals surface area contributed by atoms with E-state index in [9.17, 15) is 9.59 Å². The van der Waals surface area contributed by atoms with Gasteiger partial charge in [-0.2, -0.15) is 0 Å².